The Bertz CT molecular complexity index is 396. The van der Waals surface area contributed by atoms with Crippen molar-refractivity contribution in [3.8, 4) is 0 Å². The van der Waals surface area contributed by atoms with E-state index in [1.807, 2.05) is 12.2 Å². The molecule has 0 aromatic rings. The van der Waals surface area contributed by atoms with E-state index in [0.29, 0.717) is 26.4 Å². The van der Waals surface area contributed by atoms with Crippen molar-refractivity contribution < 1.29 is 14.2 Å². The Morgan fingerprint density at radius 1 is 0.714 bits per heavy atom. The van der Waals surface area contributed by atoms with Gasteiger partial charge in [0, 0.05) is 0 Å². The van der Waals surface area contributed by atoms with Gasteiger partial charge in [0.1, 0.15) is 0 Å². The number of ether oxygens (including phenoxy) is 3. The van der Waals surface area contributed by atoms with Crippen molar-refractivity contribution in [3.05, 3.63) is 48.6 Å². The van der Waals surface area contributed by atoms with Crippen molar-refractivity contribution in [3.63, 3.8) is 0 Å². The second-order valence-electron chi connectivity index (χ2n) is 5.92. The summed E-state index contributed by atoms with van der Waals surface area (Å²) in [7, 11) is 0. The smallest absolute Gasteiger partial charge is 0.0872 e. The van der Waals surface area contributed by atoms with Crippen molar-refractivity contribution in [2.24, 2.45) is 0 Å². The van der Waals surface area contributed by atoms with E-state index in [-0.39, 0.29) is 11.2 Å². The topological polar surface area (TPSA) is 27.7 Å². The summed E-state index contributed by atoms with van der Waals surface area (Å²) in [6.07, 6.45) is 18.5. The first-order valence-corrected chi connectivity index (χ1v) is 7.66. The minimum absolute atomic E-state index is 0.179. The number of hydrogen-bond acceptors (Lipinski definition) is 3. The Morgan fingerprint density at radius 3 is 1.57 bits per heavy atom. The molecule has 116 valence electrons. The second-order valence-corrected chi connectivity index (χ2v) is 5.92. The Morgan fingerprint density at radius 2 is 1.19 bits per heavy atom. The van der Waals surface area contributed by atoms with Gasteiger partial charge >= 0.3 is 0 Å². The molecule has 0 aliphatic heterocycles. The molecule has 0 amide bonds. The molecular formula is C18H26O3. The van der Waals surface area contributed by atoms with E-state index in [1.165, 1.54) is 0 Å². The van der Waals surface area contributed by atoms with Crippen molar-refractivity contribution in [2.75, 3.05) is 26.4 Å². The molecule has 0 aromatic heterocycles. The molecule has 0 spiro atoms. The molecule has 21 heavy (non-hydrogen) atoms. The molecule has 0 bridgehead atoms. The summed E-state index contributed by atoms with van der Waals surface area (Å²) in [5, 5.41) is 0. The zero-order valence-electron chi connectivity index (χ0n) is 13.1. The zero-order chi connectivity index (χ0) is 15.0. The molecule has 0 saturated carbocycles. The predicted octanol–water partition coefficient (Wildman–Crippen LogP) is 3.59. The van der Waals surface area contributed by atoms with Crippen LogP contribution in [0.4, 0.5) is 0 Å². The van der Waals surface area contributed by atoms with Gasteiger partial charge in [0.15, 0.2) is 0 Å². The standard InChI is InChI=1S/C18H26O3/c1-17(9-5-3-6-10-17)20-15-13-19-14-16-21-18(2)11-7-4-8-12-18/h3-9,11H,10,12-16H2,1-2H3. The number of hydrogen-bond donors (Lipinski definition) is 0. The van der Waals surface area contributed by atoms with Crippen LogP contribution in [0.25, 0.3) is 0 Å². The highest BCUT2D eigenvalue weighted by molar-refractivity contribution is 5.17. The van der Waals surface area contributed by atoms with Crippen LogP contribution in [0.1, 0.15) is 26.7 Å². The quantitative estimate of drug-likeness (QED) is 0.639. The van der Waals surface area contributed by atoms with Crippen molar-refractivity contribution >= 4 is 0 Å². The molecular weight excluding hydrogens is 264 g/mol. The van der Waals surface area contributed by atoms with E-state index in [9.17, 15) is 0 Å². The third-order valence-electron chi connectivity index (χ3n) is 3.76. The Kier molecular flexibility index (Phi) is 5.97. The third kappa shape index (κ3) is 5.62. The van der Waals surface area contributed by atoms with Gasteiger partial charge < -0.3 is 14.2 Å². The summed E-state index contributed by atoms with van der Waals surface area (Å²) in [5.74, 6) is 0. The largest absolute Gasteiger partial charge is 0.377 e. The predicted molar refractivity (Wildman–Crippen MR) is 85.3 cm³/mol. The summed E-state index contributed by atoms with van der Waals surface area (Å²) in [4.78, 5) is 0. The van der Waals surface area contributed by atoms with Crippen LogP contribution < -0.4 is 0 Å². The van der Waals surface area contributed by atoms with Gasteiger partial charge in [-0.05, 0) is 26.7 Å². The van der Waals surface area contributed by atoms with Crippen LogP contribution in [0, 0.1) is 0 Å². The first-order chi connectivity index (χ1) is 10.1. The molecule has 2 rings (SSSR count). The summed E-state index contributed by atoms with van der Waals surface area (Å²) in [6, 6.07) is 0. The monoisotopic (exact) mass is 290 g/mol. The summed E-state index contributed by atoms with van der Waals surface area (Å²) in [5.41, 5.74) is -0.359. The Balaban J connectivity index is 1.51. The minimum atomic E-state index is -0.179. The van der Waals surface area contributed by atoms with E-state index in [4.69, 9.17) is 14.2 Å². The van der Waals surface area contributed by atoms with E-state index in [2.05, 4.69) is 50.3 Å². The maximum absolute atomic E-state index is 5.86. The molecule has 0 saturated heterocycles. The molecule has 0 radical (unpaired) electrons. The van der Waals surface area contributed by atoms with Gasteiger partial charge in [-0.2, -0.15) is 0 Å². The van der Waals surface area contributed by atoms with Crippen molar-refractivity contribution in [1.82, 2.24) is 0 Å². The normalized spacial score (nSPS) is 31.0. The van der Waals surface area contributed by atoms with Gasteiger partial charge in [-0.1, -0.05) is 48.6 Å². The van der Waals surface area contributed by atoms with Gasteiger partial charge in [0.2, 0.25) is 0 Å². The fourth-order valence-electron chi connectivity index (χ4n) is 2.40. The Labute approximate surface area is 128 Å². The lowest BCUT2D eigenvalue weighted by Gasteiger charge is -2.27. The van der Waals surface area contributed by atoms with Gasteiger partial charge in [-0.25, -0.2) is 0 Å². The minimum Gasteiger partial charge on any atom is -0.377 e. The van der Waals surface area contributed by atoms with E-state index in [1.54, 1.807) is 0 Å². The second kappa shape index (κ2) is 7.74. The van der Waals surface area contributed by atoms with Crippen LogP contribution in [0.5, 0.6) is 0 Å². The fraction of sp³-hybridized carbons (Fsp3) is 0.556. The molecule has 0 aromatic carbocycles. The van der Waals surface area contributed by atoms with Gasteiger partial charge in [0.25, 0.3) is 0 Å². The molecule has 2 unspecified atom stereocenters. The van der Waals surface area contributed by atoms with Crippen LogP contribution >= 0.6 is 0 Å². The molecule has 2 atom stereocenters. The first kappa shape index (κ1) is 16.2. The van der Waals surface area contributed by atoms with E-state index < -0.39 is 0 Å². The van der Waals surface area contributed by atoms with E-state index in [0.717, 1.165) is 12.8 Å². The highest BCUT2D eigenvalue weighted by atomic mass is 16.6. The molecule has 2 aliphatic rings. The van der Waals surface area contributed by atoms with Gasteiger partial charge in [0.05, 0.1) is 37.6 Å². The molecule has 0 N–H and O–H groups in total. The van der Waals surface area contributed by atoms with Crippen molar-refractivity contribution in [1.29, 1.82) is 0 Å². The summed E-state index contributed by atoms with van der Waals surface area (Å²) >= 11 is 0. The summed E-state index contributed by atoms with van der Waals surface area (Å²) < 4.78 is 17.3. The van der Waals surface area contributed by atoms with Crippen LogP contribution in [-0.2, 0) is 14.2 Å². The van der Waals surface area contributed by atoms with E-state index >= 15 is 0 Å². The maximum atomic E-state index is 5.86. The molecule has 3 heteroatoms. The first-order valence-electron chi connectivity index (χ1n) is 7.66. The number of rotatable bonds is 8. The molecule has 0 heterocycles. The van der Waals surface area contributed by atoms with Gasteiger partial charge in [-0.3, -0.25) is 0 Å². The van der Waals surface area contributed by atoms with Crippen LogP contribution in [0.2, 0.25) is 0 Å². The SMILES string of the molecule is CC1(OCCOCCOC2(C)C=CC=CC2)C=CC=CC1. The molecule has 0 fully saturated rings. The average molecular weight is 290 g/mol. The lowest BCUT2D eigenvalue weighted by atomic mass is 9.98. The van der Waals surface area contributed by atoms with Crippen LogP contribution in [0.15, 0.2) is 48.6 Å². The molecule has 3 nitrogen and oxygen atoms in total. The molecule has 2 aliphatic carbocycles. The lowest BCUT2D eigenvalue weighted by molar-refractivity contribution is -0.0544. The summed E-state index contributed by atoms with van der Waals surface area (Å²) in [6.45, 7) is 6.61. The average Bonchev–Trinajstić information content (AvgIpc) is 2.47. The highest BCUT2D eigenvalue weighted by Crippen LogP contribution is 2.22. The lowest BCUT2D eigenvalue weighted by Crippen LogP contribution is -2.29. The number of allylic oxidation sites excluding steroid dienone is 4. The van der Waals surface area contributed by atoms with Crippen LogP contribution in [-0.4, -0.2) is 37.6 Å². The van der Waals surface area contributed by atoms with Crippen molar-refractivity contribution in [2.45, 2.75) is 37.9 Å². The fourth-order valence-corrected chi connectivity index (χ4v) is 2.40. The highest BCUT2D eigenvalue weighted by Gasteiger charge is 2.22. The zero-order valence-corrected chi connectivity index (χ0v) is 13.1. The van der Waals surface area contributed by atoms with Crippen LogP contribution in [0.3, 0.4) is 0 Å². The maximum Gasteiger partial charge on any atom is 0.0872 e. The third-order valence-corrected chi connectivity index (χ3v) is 3.76. The Hall–Kier alpha value is -1.16. The van der Waals surface area contributed by atoms with Gasteiger partial charge in [-0.15, -0.1) is 0 Å².